The van der Waals surface area contributed by atoms with Gasteiger partial charge in [0.2, 0.25) is 0 Å². The van der Waals surface area contributed by atoms with Crippen molar-refractivity contribution in [3.63, 3.8) is 0 Å². The maximum Gasteiger partial charge on any atom is 0.345 e. The fourth-order valence-corrected chi connectivity index (χ4v) is 2.49. The molecule has 0 spiro atoms. The molecule has 0 amide bonds. The summed E-state index contributed by atoms with van der Waals surface area (Å²) in [7, 11) is -3.48. The SMILES string of the molecule is CS(=O)(=O)OCCOc1ccc(CC(Oc2ccccc2)C(=O)O)cc1. The second-order valence-corrected chi connectivity index (χ2v) is 7.12. The van der Waals surface area contributed by atoms with Crippen LogP contribution in [-0.2, 0) is 25.5 Å². The molecule has 140 valence electrons. The van der Waals surface area contributed by atoms with E-state index in [0.717, 1.165) is 11.8 Å². The number of carboxylic acid groups (broad SMARTS) is 1. The van der Waals surface area contributed by atoms with E-state index in [1.165, 1.54) is 0 Å². The zero-order valence-electron chi connectivity index (χ0n) is 14.2. The number of para-hydroxylation sites is 1. The molecule has 0 aliphatic carbocycles. The Morgan fingerprint density at radius 1 is 1.00 bits per heavy atom. The van der Waals surface area contributed by atoms with Crippen molar-refractivity contribution in [3.8, 4) is 11.5 Å². The summed E-state index contributed by atoms with van der Waals surface area (Å²) in [6.45, 7) is 0.00781. The summed E-state index contributed by atoms with van der Waals surface area (Å²) in [5, 5.41) is 9.35. The van der Waals surface area contributed by atoms with E-state index in [0.29, 0.717) is 11.5 Å². The first-order valence-corrected chi connectivity index (χ1v) is 9.66. The van der Waals surface area contributed by atoms with Gasteiger partial charge in [-0.05, 0) is 29.8 Å². The predicted molar refractivity (Wildman–Crippen MR) is 94.9 cm³/mol. The summed E-state index contributed by atoms with van der Waals surface area (Å²) in [5.74, 6) is -0.0282. The van der Waals surface area contributed by atoms with Crippen molar-refractivity contribution in [1.82, 2.24) is 0 Å². The molecule has 0 saturated heterocycles. The molecule has 2 aromatic rings. The van der Waals surface area contributed by atoms with E-state index >= 15 is 0 Å². The van der Waals surface area contributed by atoms with Gasteiger partial charge in [-0.15, -0.1) is 0 Å². The molecule has 0 aliphatic heterocycles. The Hall–Kier alpha value is -2.58. The van der Waals surface area contributed by atoms with Gasteiger partial charge in [-0.25, -0.2) is 4.79 Å². The summed E-state index contributed by atoms with van der Waals surface area (Å²) in [5.41, 5.74) is 0.771. The molecule has 0 fully saturated rings. The van der Waals surface area contributed by atoms with Crippen molar-refractivity contribution in [2.24, 2.45) is 0 Å². The Morgan fingerprint density at radius 3 is 2.23 bits per heavy atom. The summed E-state index contributed by atoms with van der Waals surface area (Å²) < 4.78 is 37.1. The van der Waals surface area contributed by atoms with Gasteiger partial charge in [-0.2, -0.15) is 8.42 Å². The molecule has 8 heteroatoms. The molecular weight excluding hydrogens is 360 g/mol. The molecule has 0 saturated carbocycles. The molecule has 0 bridgehead atoms. The highest BCUT2D eigenvalue weighted by Crippen LogP contribution is 2.17. The lowest BCUT2D eigenvalue weighted by Crippen LogP contribution is -2.29. The molecule has 26 heavy (non-hydrogen) atoms. The first kappa shape index (κ1) is 19.7. The number of hydrogen-bond acceptors (Lipinski definition) is 6. The molecule has 0 aliphatic rings. The lowest BCUT2D eigenvalue weighted by molar-refractivity contribution is -0.145. The fraction of sp³-hybridized carbons (Fsp3) is 0.278. The number of benzene rings is 2. The maximum absolute atomic E-state index is 11.4. The highest BCUT2D eigenvalue weighted by molar-refractivity contribution is 7.85. The third-order valence-electron chi connectivity index (χ3n) is 3.29. The van der Waals surface area contributed by atoms with Gasteiger partial charge in [-0.3, -0.25) is 4.18 Å². The number of ether oxygens (including phenoxy) is 2. The van der Waals surface area contributed by atoms with Gasteiger partial charge in [0.05, 0.1) is 6.26 Å². The largest absolute Gasteiger partial charge is 0.491 e. The molecular formula is C18H20O7S. The van der Waals surface area contributed by atoms with Crippen LogP contribution in [0.15, 0.2) is 54.6 Å². The van der Waals surface area contributed by atoms with Crippen molar-refractivity contribution in [3.05, 3.63) is 60.2 Å². The zero-order chi connectivity index (χ0) is 19.0. The molecule has 0 aromatic heterocycles. The van der Waals surface area contributed by atoms with E-state index in [1.54, 1.807) is 48.5 Å². The van der Waals surface area contributed by atoms with Crippen molar-refractivity contribution in [1.29, 1.82) is 0 Å². The summed E-state index contributed by atoms with van der Waals surface area (Å²) in [6, 6.07) is 15.6. The molecule has 1 unspecified atom stereocenters. The third-order valence-corrected chi connectivity index (χ3v) is 3.89. The molecule has 2 aromatic carbocycles. The highest BCUT2D eigenvalue weighted by atomic mass is 32.2. The molecule has 1 atom stereocenters. The third kappa shape index (κ3) is 7.12. The van der Waals surface area contributed by atoms with Gasteiger partial charge < -0.3 is 14.6 Å². The van der Waals surface area contributed by atoms with Crippen molar-refractivity contribution < 1.29 is 32.0 Å². The second-order valence-electron chi connectivity index (χ2n) is 5.48. The summed E-state index contributed by atoms with van der Waals surface area (Å²) >= 11 is 0. The Bertz CT molecular complexity index is 801. The molecule has 0 radical (unpaired) electrons. The van der Waals surface area contributed by atoms with Crippen LogP contribution in [-0.4, -0.2) is 45.1 Å². The highest BCUT2D eigenvalue weighted by Gasteiger charge is 2.20. The maximum atomic E-state index is 11.4. The van der Waals surface area contributed by atoms with Crippen LogP contribution < -0.4 is 9.47 Å². The van der Waals surface area contributed by atoms with Gasteiger partial charge in [0, 0.05) is 6.42 Å². The smallest absolute Gasteiger partial charge is 0.345 e. The topological polar surface area (TPSA) is 99.1 Å². The summed E-state index contributed by atoms with van der Waals surface area (Å²) in [4.78, 5) is 11.4. The minimum Gasteiger partial charge on any atom is -0.491 e. The van der Waals surface area contributed by atoms with Crippen LogP contribution in [0, 0.1) is 0 Å². The van der Waals surface area contributed by atoms with Crippen molar-refractivity contribution >= 4 is 16.1 Å². The number of carbonyl (C=O) groups is 1. The Labute approximate surface area is 152 Å². The van der Waals surface area contributed by atoms with Crippen LogP contribution in [0.2, 0.25) is 0 Å². The van der Waals surface area contributed by atoms with Crippen LogP contribution in [0.1, 0.15) is 5.56 Å². The summed E-state index contributed by atoms with van der Waals surface area (Å²) in [6.07, 6.45) is 0.159. The fourth-order valence-electron chi connectivity index (χ4n) is 2.12. The standard InChI is InChI=1S/C18H20O7S/c1-26(21,22)24-12-11-23-15-9-7-14(8-10-15)13-17(18(19)20)25-16-5-3-2-4-6-16/h2-10,17H,11-13H2,1H3,(H,19,20). The average Bonchev–Trinajstić information content (AvgIpc) is 2.59. The van der Waals surface area contributed by atoms with Crippen LogP contribution in [0.25, 0.3) is 0 Å². The number of carboxylic acids is 1. The van der Waals surface area contributed by atoms with Crippen LogP contribution >= 0.6 is 0 Å². The monoisotopic (exact) mass is 380 g/mol. The lowest BCUT2D eigenvalue weighted by Gasteiger charge is -2.15. The van der Waals surface area contributed by atoms with Crippen LogP contribution in [0.5, 0.6) is 11.5 Å². The van der Waals surface area contributed by atoms with Gasteiger partial charge in [0.1, 0.15) is 24.7 Å². The van der Waals surface area contributed by atoms with E-state index in [1.807, 2.05) is 6.07 Å². The number of rotatable bonds is 10. The Kier molecular flexibility index (Phi) is 6.99. The van der Waals surface area contributed by atoms with Gasteiger partial charge >= 0.3 is 5.97 Å². The van der Waals surface area contributed by atoms with Crippen molar-refractivity contribution in [2.75, 3.05) is 19.5 Å². The van der Waals surface area contributed by atoms with E-state index in [4.69, 9.17) is 9.47 Å². The van der Waals surface area contributed by atoms with E-state index in [-0.39, 0.29) is 19.6 Å². The average molecular weight is 380 g/mol. The van der Waals surface area contributed by atoms with E-state index < -0.39 is 22.2 Å². The molecule has 2 rings (SSSR count). The normalized spacial score (nSPS) is 12.3. The first-order valence-electron chi connectivity index (χ1n) is 7.84. The van der Waals surface area contributed by atoms with Crippen molar-refractivity contribution in [2.45, 2.75) is 12.5 Å². The van der Waals surface area contributed by atoms with Crippen LogP contribution in [0.3, 0.4) is 0 Å². The molecule has 0 heterocycles. The van der Waals surface area contributed by atoms with E-state index in [2.05, 4.69) is 4.18 Å². The van der Waals surface area contributed by atoms with E-state index in [9.17, 15) is 18.3 Å². The predicted octanol–water partition coefficient (Wildman–Crippen LogP) is 2.12. The zero-order valence-corrected chi connectivity index (χ0v) is 15.0. The Morgan fingerprint density at radius 2 is 1.65 bits per heavy atom. The molecule has 1 N–H and O–H groups in total. The quantitative estimate of drug-likeness (QED) is 0.498. The number of hydrogen-bond donors (Lipinski definition) is 1. The Balaban J connectivity index is 1.89. The lowest BCUT2D eigenvalue weighted by atomic mass is 10.1. The minimum absolute atomic E-state index is 0.0768. The first-order chi connectivity index (χ1) is 12.3. The minimum atomic E-state index is -3.48. The number of aliphatic carboxylic acids is 1. The second kappa shape index (κ2) is 9.21. The van der Waals surface area contributed by atoms with Gasteiger partial charge in [0.15, 0.2) is 6.10 Å². The van der Waals surface area contributed by atoms with Gasteiger partial charge in [0.25, 0.3) is 10.1 Å². The molecule has 7 nitrogen and oxygen atoms in total. The van der Waals surface area contributed by atoms with Gasteiger partial charge in [-0.1, -0.05) is 30.3 Å². The van der Waals surface area contributed by atoms with Crippen LogP contribution in [0.4, 0.5) is 0 Å².